The second kappa shape index (κ2) is 3.74. The van der Waals surface area contributed by atoms with E-state index in [1.807, 2.05) is 11.5 Å². The molecule has 0 bridgehead atoms. The van der Waals surface area contributed by atoms with Crippen molar-refractivity contribution >= 4 is 11.6 Å². The van der Waals surface area contributed by atoms with Crippen molar-refractivity contribution in [3.8, 4) is 0 Å². The summed E-state index contributed by atoms with van der Waals surface area (Å²) in [5.74, 6) is 0.481. The summed E-state index contributed by atoms with van der Waals surface area (Å²) >= 11 is 5.70. The van der Waals surface area contributed by atoms with E-state index in [9.17, 15) is 0 Å². The topological polar surface area (TPSA) is 27.1 Å². The highest BCUT2D eigenvalue weighted by Gasteiger charge is 2.03. The van der Waals surface area contributed by atoms with Crippen molar-refractivity contribution in [1.29, 1.82) is 0 Å². The number of imidazole rings is 1. The summed E-state index contributed by atoms with van der Waals surface area (Å²) in [7, 11) is 1.65. The van der Waals surface area contributed by atoms with E-state index in [2.05, 4.69) is 4.98 Å². The van der Waals surface area contributed by atoms with Crippen molar-refractivity contribution in [2.75, 3.05) is 7.11 Å². The van der Waals surface area contributed by atoms with Gasteiger partial charge in [-0.05, 0) is 6.92 Å². The predicted molar refractivity (Wildman–Crippen MR) is 43.5 cm³/mol. The SMILES string of the molecule is COCn1cnc(C)c1CCl. The molecule has 0 saturated heterocycles. The van der Waals surface area contributed by atoms with Gasteiger partial charge in [0.25, 0.3) is 0 Å². The highest BCUT2D eigenvalue weighted by Crippen LogP contribution is 2.08. The summed E-state index contributed by atoms with van der Waals surface area (Å²) in [5, 5.41) is 0. The number of halogens is 1. The van der Waals surface area contributed by atoms with Crippen LogP contribution in [-0.2, 0) is 17.3 Å². The second-order valence-corrected chi connectivity index (χ2v) is 2.57. The van der Waals surface area contributed by atoms with Crippen LogP contribution in [0.15, 0.2) is 6.33 Å². The molecule has 0 aliphatic heterocycles. The van der Waals surface area contributed by atoms with Gasteiger partial charge < -0.3 is 9.30 Å². The van der Waals surface area contributed by atoms with Crippen LogP contribution >= 0.6 is 11.6 Å². The maximum absolute atomic E-state index is 5.70. The number of aryl methyl sites for hydroxylation is 1. The molecule has 1 aromatic rings. The van der Waals surface area contributed by atoms with Crippen LogP contribution in [0.25, 0.3) is 0 Å². The lowest BCUT2D eigenvalue weighted by atomic mass is 10.4. The maximum atomic E-state index is 5.70. The first-order chi connectivity index (χ1) is 5.29. The van der Waals surface area contributed by atoms with Crippen LogP contribution in [0.1, 0.15) is 11.4 Å². The monoisotopic (exact) mass is 174 g/mol. The summed E-state index contributed by atoms with van der Waals surface area (Å²) < 4.78 is 6.84. The van der Waals surface area contributed by atoms with Gasteiger partial charge in [0.05, 0.1) is 23.6 Å². The Balaban J connectivity index is 2.86. The van der Waals surface area contributed by atoms with E-state index >= 15 is 0 Å². The molecule has 0 spiro atoms. The predicted octanol–water partition coefficient (Wildman–Crippen LogP) is 1.53. The lowest BCUT2D eigenvalue weighted by Crippen LogP contribution is -2.02. The van der Waals surface area contributed by atoms with E-state index in [-0.39, 0.29) is 0 Å². The fourth-order valence-electron chi connectivity index (χ4n) is 0.932. The number of hydrogen-bond acceptors (Lipinski definition) is 2. The van der Waals surface area contributed by atoms with Gasteiger partial charge in [-0.25, -0.2) is 4.98 Å². The number of aromatic nitrogens is 2. The molecule has 0 unspecified atom stereocenters. The average molecular weight is 175 g/mol. The highest BCUT2D eigenvalue weighted by molar-refractivity contribution is 6.17. The first-order valence-corrected chi connectivity index (χ1v) is 3.88. The zero-order valence-electron chi connectivity index (χ0n) is 6.67. The summed E-state index contributed by atoms with van der Waals surface area (Å²) in [6.45, 7) is 2.45. The first kappa shape index (κ1) is 8.56. The Labute approximate surface area is 70.9 Å². The Morgan fingerprint density at radius 1 is 1.73 bits per heavy atom. The first-order valence-electron chi connectivity index (χ1n) is 3.35. The quantitative estimate of drug-likeness (QED) is 0.650. The normalized spacial score (nSPS) is 10.5. The van der Waals surface area contributed by atoms with Crippen LogP contribution in [0.3, 0.4) is 0 Å². The fraction of sp³-hybridized carbons (Fsp3) is 0.571. The molecule has 0 radical (unpaired) electrons. The minimum absolute atomic E-state index is 0.481. The lowest BCUT2D eigenvalue weighted by Gasteiger charge is -2.03. The number of alkyl halides is 1. The van der Waals surface area contributed by atoms with Gasteiger partial charge in [-0.2, -0.15) is 0 Å². The molecule has 1 heterocycles. The van der Waals surface area contributed by atoms with Crippen LogP contribution in [-0.4, -0.2) is 16.7 Å². The molecule has 0 aromatic carbocycles. The van der Waals surface area contributed by atoms with Gasteiger partial charge in [-0.3, -0.25) is 0 Å². The van der Waals surface area contributed by atoms with Gasteiger partial charge in [0.1, 0.15) is 6.73 Å². The molecule has 0 aliphatic rings. The third kappa shape index (κ3) is 1.73. The molecule has 0 atom stereocenters. The van der Waals surface area contributed by atoms with Crippen molar-refractivity contribution in [2.24, 2.45) is 0 Å². The number of ether oxygens (including phenoxy) is 1. The summed E-state index contributed by atoms with van der Waals surface area (Å²) in [4.78, 5) is 4.10. The van der Waals surface area contributed by atoms with Gasteiger partial charge in [0.15, 0.2) is 0 Å². The van der Waals surface area contributed by atoms with Gasteiger partial charge in [0, 0.05) is 7.11 Å². The van der Waals surface area contributed by atoms with Gasteiger partial charge in [-0.15, -0.1) is 11.6 Å². The molecule has 0 saturated carbocycles. The molecule has 4 heteroatoms. The van der Waals surface area contributed by atoms with Crippen molar-refractivity contribution in [1.82, 2.24) is 9.55 Å². The molecule has 62 valence electrons. The Hall–Kier alpha value is -0.540. The second-order valence-electron chi connectivity index (χ2n) is 2.30. The highest BCUT2D eigenvalue weighted by atomic mass is 35.5. The summed E-state index contributed by atoms with van der Waals surface area (Å²) in [6.07, 6.45) is 1.73. The summed E-state index contributed by atoms with van der Waals surface area (Å²) in [5.41, 5.74) is 1.99. The average Bonchev–Trinajstić information content (AvgIpc) is 2.33. The number of rotatable bonds is 3. The van der Waals surface area contributed by atoms with Crippen LogP contribution < -0.4 is 0 Å². The van der Waals surface area contributed by atoms with E-state index in [4.69, 9.17) is 16.3 Å². The molecule has 1 rings (SSSR count). The molecule has 0 N–H and O–H groups in total. The van der Waals surface area contributed by atoms with E-state index in [0.717, 1.165) is 11.4 Å². The number of methoxy groups -OCH3 is 1. The van der Waals surface area contributed by atoms with Crippen LogP contribution in [0.2, 0.25) is 0 Å². The van der Waals surface area contributed by atoms with Crippen molar-refractivity contribution in [3.63, 3.8) is 0 Å². The zero-order chi connectivity index (χ0) is 8.27. The third-order valence-electron chi connectivity index (χ3n) is 1.55. The van der Waals surface area contributed by atoms with E-state index in [1.165, 1.54) is 0 Å². The van der Waals surface area contributed by atoms with Crippen LogP contribution in [0.5, 0.6) is 0 Å². The largest absolute Gasteiger partial charge is 0.364 e. The van der Waals surface area contributed by atoms with Crippen LogP contribution in [0.4, 0.5) is 0 Å². The number of hydrogen-bond donors (Lipinski definition) is 0. The van der Waals surface area contributed by atoms with E-state index < -0.39 is 0 Å². The molecular weight excluding hydrogens is 164 g/mol. The fourth-order valence-corrected chi connectivity index (χ4v) is 1.28. The van der Waals surface area contributed by atoms with Crippen LogP contribution in [0, 0.1) is 6.92 Å². The zero-order valence-corrected chi connectivity index (χ0v) is 7.43. The molecule has 1 aromatic heterocycles. The number of nitrogens with zero attached hydrogens (tertiary/aromatic N) is 2. The Morgan fingerprint density at radius 2 is 2.45 bits per heavy atom. The van der Waals surface area contributed by atoms with Gasteiger partial charge >= 0.3 is 0 Å². The minimum atomic E-state index is 0.481. The van der Waals surface area contributed by atoms with Gasteiger partial charge in [-0.1, -0.05) is 0 Å². The van der Waals surface area contributed by atoms with E-state index in [1.54, 1.807) is 13.4 Å². The molecule has 11 heavy (non-hydrogen) atoms. The summed E-state index contributed by atoms with van der Waals surface area (Å²) in [6, 6.07) is 0. The molecule has 0 aliphatic carbocycles. The molecular formula is C7H11ClN2O. The minimum Gasteiger partial charge on any atom is -0.364 e. The van der Waals surface area contributed by atoms with Gasteiger partial charge in [0.2, 0.25) is 0 Å². The third-order valence-corrected chi connectivity index (χ3v) is 1.80. The smallest absolute Gasteiger partial charge is 0.123 e. The van der Waals surface area contributed by atoms with Crippen molar-refractivity contribution < 1.29 is 4.74 Å². The standard InChI is InChI=1S/C7H11ClN2O/c1-6-7(3-8)10(4-9-6)5-11-2/h4H,3,5H2,1-2H3. The molecule has 0 amide bonds. The maximum Gasteiger partial charge on any atom is 0.123 e. The Morgan fingerprint density at radius 3 is 3.00 bits per heavy atom. The Bertz CT molecular complexity index is 234. The van der Waals surface area contributed by atoms with E-state index in [0.29, 0.717) is 12.6 Å². The van der Waals surface area contributed by atoms with Crippen molar-refractivity contribution in [2.45, 2.75) is 19.5 Å². The Kier molecular flexibility index (Phi) is 2.91. The van der Waals surface area contributed by atoms with Crippen molar-refractivity contribution in [3.05, 3.63) is 17.7 Å². The molecule has 0 fully saturated rings. The lowest BCUT2D eigenvalue weighted by molar-refractivity contribution is 0.129. The molecule has 3 nitrogen and oxygen atoms in total.